The molecular weight excluding hydrogens is 206 g/mol. The Labute approximate surface area is 97.7 Å². The molecule has 16 heavy (non-hydrogen) atoms. The first kappa shape index (κ1) is 13.5. The summed E-state index contributed by atoms with van der Waals surface area (Å²) in [5.74, 6) is -0.0899. The van der Waals surface area contributed by atoms with Crippen LogP contribution in [-0.2, 0) is 14.3 Å². The first-order chi connectivity index (χ1) is 7.36. The molecule has 0 spiro atoms. The second kappa shape index (κ2) is 5.15. The maximum absolute atomic E-state index is 11.0. The second-order valence-corrected chi connectivity index (χ2v) is 5.20. The van der Waals surface area contributed by atoms with E-state index in [-0.39, 0.29) is 29.8 Å². The largest absolute Gasteiger partial charge is 0.370 e. The van der Waals surface area contributed by atoms with Crippen LogP contribution in [0.15, 0.2) is 0 Å². The van der Waals surface area contributed by atoms with Crippen molar-refractivity contribution in [2.75, 3.05) is 7.11 Å². The molecular formula is C12H23NO3. The molecule has 1 aliphatic heterocycles. The van der Waals surface area contributed by atoms with Gasteiger partial charge in [-0.05, 0) is 25.2 Å². The van der Waals surface area contributed by atoms with Crippen molar-refractivity contribution in [2.45, 2.75) is 59.0 Å². The van der Waals surface area contributed by atoms with Gasteiger partial charge >= 0.3 is 0 Å². The van der Waals surface area contributed by atoms with Gasteiger partial charge < -0.3 is 14.8 Å². The lowest BCUT2D eigenvalue weighted by molar-refractivity contribution is -0.164. The lowest BCUT2D eigenvalue weighted by Gasteiger charge is -2.42. The molecule has 1 heterocycles. The molecule has 0 aromatic heterocycles. The van der Waals surface area contributed by atoms with Gasteiger partial charge in [0.2, 0.25) is 5.91 Å². The van der Waals surface area contributed by atoms with Gasteiger partial charge in [-0.15, -0.1) is 0 Å². The van der Waals surface area contributed by atoms with E-state index in [1.165, 1.54) is 6.92 Å². The lowest BCUT2D eigenvalue weighted by atomic mass is 9.79. The van der Waals surface area contributed by atoms with E-state index in [0.29, 0.717) is 0 Å². The molecule has 0 aromatic rings. The molecule has 1 saturated heterocycles. The molecule has 1 N–H and O–H groups in total. The smallest absolute Gasteiger partial charge is 0.218 e. The average Bonchev–Trinajstić information content (AvgIpc) is 2.18. The van der Waals surface area contributed by atoms with Gasteiger partial charge in [0, 0.05) is 14.0 Å². The highest BCUT2D eigenvalue weighted by Gasteiger charge is 2.37. The molecule has 0 aliphatic carbocycles. The minimum absolute atomic E-state index is 0.0445. The summed E-state index contributed by atoms with van der Waals surface area (Å²) in [7, 11) is 1.59. The van der Waals surface area contributed by atoms with Crippen LogP contribution in [0.25, 0.3) is 0 Å². The second-order valence-electron chi connectivity index (χ2n) is 5.20. The van der Waals surface area contributed by atoms with Crippen LogP contribution in [0.5, 0.6) is 0 Å². The Morgan fingerprint density at radius 1 is 1.56 bits per heavy atom. The van der Waals surface area contributed by atoms with E-state index in [1.54, 1.807) is 7.11 Å². The maximum Gasteiger partial charge on any atom is 0.218 e. The monoisotopic (exact) mass is 229 g/mol. The van der Waals surface area contributed by atoms with Crippen molar-refractivity contribution in [2.24, 2.45) is 5.41 Å². The van der Waals surface area contributed by atoms with Gasteiger partial charge in [0.15, 0.2) is 6.23 Å². The number of hydrogen-bond acceptors (Lipinski definition) is 3. The maximum atomic E-state index is 11.0. The predicted molar refractivity (Wildman–Crippen MR) is 62.0 cm³/mol. The molecule has 94 valence electrons. The van der Waals surface area contributed by atoms with Crippen LogP contribution in [0, 0.1) is 5.41 Å². The van der Waals surface area contributed by atoms with Crippen molar-refractivity contribution in [3.8, 4) is 0 Å². The molecule has 0 aromatic carbocycles. The highest BCUT2D eigenvalue weighted by molar-refractivity contribution is 5.73. The Balaban J connectivity index is 2.58. The molecule has 1 fully saturated rings. The zero-order valence-electron chi connectivity index (χ0n) is 10.9. The molecule has 4 heteroatoms. The first-order valence-electron chi connectivity index (χ1n) is 5.82. The third kappa shape index (κ3) is 3.19. The van der Waals surface area contributed by atoms with Gasteiger partial charge in [0.25, 0.3) is 0 Å². The highest BCUT2D eigenvalue weighted by Crippen LogP contribution is 2.36. The molecule has 0 bridgehead atoms. The van der Waals surface area contributed by atoms with E-state index in [4.69, 9.17) is 9.47 Å². The van der Waals surface area contributed by atoms with Gasteiger partial charge in [0.05, 0.1) is 6.10 Å². The summed E-state index contributed by atoms with van der Waals surface area (Å²) < 4.78 is 11.2. The van der Waals surface area contributed by atoms with Crippen LogP contribution in [0.1, 0.15) is 40.5 Å². The molecule has 3 atom stereocenters. The summed E-state index contributed by atoms with van der Waals surface area (Å²) in [5.41, 5.74) is 0.199. The minimum atomic E-state index is -0.337. The molecule has 1 aliphatic rings. The number of amides is 1. The molecule has 1 amide bonds. The van der Waals surface area contributed by atoms with Crippen molar-refractivity contribution in [3.63, 3.8) is 0 Å². The third-order valence-electron chi connectivity index (χ3n) is 3.49. The van der Waals surface area contributed by atoms with Crippen LogP contribution in [0.4, 0.5) is 0 Å². The number of methoxy groups -OCH3 is 1. The third-order valence-corrected chi connectivity index (χ3v) is 3.49. The quantitative estimate of drug-likeness (QED) is 0.749. The normalized spacial score (nSPS) is 30.8. The summed E-state index contributed by atoms with van der Waals surface area (Å²) in [5, 5.41) is 2.76. The Bertz CT molecular complexity index is 253. The van der Waals surface area contributed by atoms with E-state index < -0.39 is 0 Å². The fourth-order valence-electron chi connectivity index (χ4n) is 1.96. The average molecular weight is 229 g/mol. The lowest BCUT2D eigenvalue weighted by Crippen LogP contribution is -2.50. The van der Waals surface area contributed by atoms with E-state index >= 15 is 0 Å². The SMILES string of the molecule is CO[C@H](NC(C)=O)[C@H]1CCC(C)(C)[C@@H](C)O1. The number of nitrogens with one attached hydrogen (secondary N) is 1. The Hall–Kier alpha value is -0.610. The van der Waals surface area contributed by atoms with E-state index in [0.717, 1.165) is 12.8 Å². The molecule has 0 unspecified atom stereocenters. The fourth-order valence-corrected chi connectivity index (χ4v) is 1.96. The number of carbonyl (C=O) groups excluding carboxylic acids is 1. The zero-order chi connectivity index (χ0) is 12.3. The van der Waals surface area contributed by atoms with Crippen molar-refractivity contribution < 1.29 is 14.3 Å². The van der Waals surface area contributed by atoms with Gasteiger partial charge in [-0.3, -0.25) is 4.79 Å². The van der Waals surface area contributed by atoms with Crippen molar-refractivity contribution in [3.05, 3.63) is 0 Å². The van der Waals surface area contributed by atoms with Crippen molar-refractivity contribution >= 4 is 5.91 Å². The Morgan fingerprint density at radius 3 is 2.62 bits per heavy atom. The molecule has 0 radical (unpaired) electrons. The number of rotatable bonds is 3. The van der Waals surface area contributed by atoms with Crippen LogP contribution in [0.3, 0.4) is 0 Å². The Kier molecular flexibility index (Phi) is 4.33. The van der Waals surface area contributed by atoms with Crippen molar-refractivity contribution in [1.29, 1.82) is 0 Å². The molecule has 0 saturated carbocycles. The van der Waals surface area contributed by atoms with Gasteiger partial charge in [-0.2, -0.15) is 0 Å². The summed E-state index contributed by atoms with van der Waals surface area (Å²) >= 11 is 0. The summed E-state index contributed by atoms with van der Waals surface area (Å²) in [6.45, 7) is 7.97. The zero-order valence-corrected chi connectivity index (χ0v) is 10.9. The predicted octanol–water partition coefficient (Wildman–Crippen LogP) is 1.69. The summed E-state index contributed by atoms with van der Waals surface area (Å²) in [6, 6.07) is 0. The molecule has 1 rings (SSSR count). The van der Waals surface area contributed by atoms with Crippen LogP contribution < -0.4 is 5.32 Å². The fraction of sp³-hybridized carbons (Fsp3) is 0.917. The van der Waals surface area contributed by atoms with E-state index in [9.17, 15) is 4.79 Å². The minimum Gasteiger partial charge on any atom is -0.370 e. The first-order valence-corrected chi connectivity index (χ1v) is 5.82. The van der Waals surface area contributed by atoms with Gasteiger partial charge in [-0.25, -0.2) is 0 Å². The van der Waals surface area contributed by atoms with E-state index in [2.05, 4.69) is 26.1 Å². The number of ether oxygens (including phenoxy) is 2. The van der Waals surface area contributed by atoms with Crippen LogP contribution in [0.2, 0.25) is 0 Å². The highest BCUT2D eigenvalue weighted by atomic mass is 16.6. The topological polar surface area (TPSA) is 47.6 Å². The standard InChI is InChI=1S/C12H23NO3/c1-8-12(3,4)7-6-10(16-8)11(15-5)13-9(2)14/h8,10-11H,6-7H2,1-5H3,(H,13,14)/t8-,10-,11+/m1/s1. The van der Waals surface area contributed by atoms with E-state index in [1.807, 2.05) is 0 Å². The Morgan fingerprint density at radius 2 is 2.19 bits per heavy atom. The van der Waals surface area contributed by atoms with Gasteiger partial charge in [0.1, 0.15) is 6.10 Å². The summed E-state index contributed by atoms with van der Waals surface area (Å²) in [4.78, 5) is 11.0. The number of carbonyl (C=O) groups is 1. The summed E-state index contributed by atoms with van der Waals surface area (Å²) in [6.07, 6.45) is 1.79. The number of hydrogen-bond donors (Lipinski definition) is 1. The van der Waals surface area contributed by atoms with Crippen LogP contribution in [-0.4, -0.2) is 31.5 Å². The van der Waals surface area contributed by atoms with Crippen LogP contribution >= 0.6 is 0 Å². The molecule has 4 nitrogen and oxygen atoms in total. The van der Waals surface area contributed by atoms with Gasteiger partial charge in [-0.1, -0.05) is 13.8 Å². The van der Waals surface area contributed by atoms with Crippen molar-refractivity contribution in [1.82, 2.24) is 5.32 Å².